The SMILES string of the molecule is Nc1nc(C(=O)C(F)(F)F)sc1C(=S)C(F)(F)F. The van der Waals surface area contributed by atoms with Crippen LogP contribution in [-0.4, -0.2) is 28.0 Å². The second kappa shape index (κ2) is 4.46. The summed E-state index contributed by atoms with van der Waals surface area (Å²) < 4.78 is 72.8. The lowest BCUT2D eigenvalue weighted by molar-refractivity contribution is -0.0885. The Morgan fingerprint density at radius 2 is 1.67 bits per heavy atom. The molecule has 0 aliphatic heterocycles. The van der Waals surface area contributed by atoms with Crippen molar-refractivity contribution in [2.75, 3.05) is 5.73 Å². The van der Waals surface area contributed by atoms with Crippen LogP contribution in [0.2, 0.25) is 0 Å². The predicted octanol–water partition coefficient (Wildman–Crippen LogP) is 2.75. The van der Waals surface area contributed by atoms with E-state index in [1.165, 1.54) is 0 Å². The van der Waals surface area contributed by atoms with Crippen LogP contribution in [0.1, 0.15) is 14.7 Å². The summed E-state index contributed by atoms with van der Waals surface area (Å²) in [5, 5.41) is -1.18. The number of halogens is 6. The van der Waals surface area contributed by atoms with Gasteiger partial charge in [0, 0.05) is 0 Å². The first-order chi connectivity index (χ1) is 7.94. The fourth-order valence-electron chi connectivity index (χ4n) is 0.842. The monoisotopic (exact) mass is 308 g/mol. The van der Waals surface area contributed by atoms with Gasteiger partial charge in [-0.15, -0.1) is 11.3 Å². The van der Waals surface area contributed by atoms with Crippen molar-refractivity contribution in [3.05, 3.63) is 9.88 Å². The smallest absolute Gasteiger partial charge is 0.382 e. The lowest BCUT2D eigenvalue weighted by atomic mass is 10.3. The highest BCUT2D eigenvalue weighted by molar-refractivity contribution is 7.81. The molecule has 0 saturated carbocycles. The minimum atomic E-state index is -5.23. The van der Waals surface area contributed by atoms with Gasteiger partial charge in [-0.05, 0) is 0 Å². The molecule has 0 fully saturated rings. The minimum Gasteiger partial charge on any atom is -0.382 e. The number of nitrogens with two attached hydrogens (primary N) is 1. The fourth-order valence-corrected chi connectivity index (χ4v) is 1.98. The molecule has 18 heavy (non-hydrogen) atoms. The van der Waals surface area contributed by atoms with Gasteiger partial charge in [0.15, 0.2) is 5.01 Å². The molecule has 11 heteroatoms. The molecule has 0 saturated heterocycles. The van der Waals surface area contributed by atoms with Crippen LogP contribution in [0, 0.1) is 0 Å². The van der Waals surface area contributed by atoms with Crippen LogP contribution in [-0.2, 0) is 0 Å². The van der Waals surface area contributed by atoms with Gasteiger partial charge < -0.3 is 5.73 Å². The molecule has 0 radical (unpaired) electrons. The molecule has 2 N–H and O–H groups in total. The number of carbonyl (C=O) groups excluding carboxylic acids is 1. The number of carbonyl (C=O) groups is 1. The Balaban J connectivity index is 3.19. The van der Waals surface area contributed by atoms with Crippen molar-refractivity contribution in [2.24, 2.45) is 0 Å². The number of hydrogen-bond donors (Lipinski definition) is 1. The Labute approximate surface area is 105 Å². The van der Waals surface area contributed by atoms with Gasteiger partial charge in [0.1, 0.15) is 10.7 Å². The van der Waals surface area contributed by atoms with E-state index in [1.807, 2.05) is 0 Å². The number of nitrogen functional groups attached to an aromatic ring is 1. The second-order valence-corrected chi connectivity index (χ2v) is 4.29. The van der Waals surface area contributed by atoms with E-state index in [4.69, 9.17) is 5.73 Å². The van der Waals surface area contributed by atoms with E-state index in [0.29, 0.717) is 0 Å². The molecule has 0 bridgehead atoms. The van der Waals surface area contributed by atoms with E-state index in [-0.39, 0.29) is 11.3 Å². The van der Waals surface area contributed by atoms with Crippen LogP contribution >= 0.6 is 23.6 Å². The van der Waals surface area contributed by atoms with Gasteiger partial charge in [-0.2, -0.15) is 26.3 Å². The molecule has 1 heterocycles. The zero-order valence-corrected chi connectivity index (χ0v) is 9.65. The topological polar surface area (TPSA) is 56.0 Å². The Morgan fingerprint density at radius 3 is 2.06 bits per heavy atom. The maximum atomic E-state index is 12.2. The average molecular weight is 308 g/mol. The summed E-state index contributed by atoms with van der Waals surface area (Å²) in [5.74, 6) is -3.22. The van der Waals surface area contributed by atoms with Crippen molar-refractivity contribution in [2.45, 2.75) is 12.4 Å². The van der Waals surface area contributed by atoms with Crippen molar-refractivity contribution >= 4 is 40.0 Å². The van der Waals surface area contributed by atoms with Crippen molar-refractivity contribution in [1.29, 1.82) is 0 Å². The summed E-state index contributed by atoms with van der Waals surface area (Å²) >= 11 is 3.87. The van der Waals surface area contributed by atoms with Gasteiger partial charge in [-0.1, -0.05) is 12.2 Å². The third-order valence-corrected chi connectivity index (χ3v) is 3.22. The number of hydrogen-bond acceptors (Lipinski definition) is 5. The van der Waals surface area contributed by atoms with Gasteiger partial charge in [0.25, 0.3) is 5.78 Å². The average Bonchev–Trinajstić information content (AvgIpc) is 2.55. The number of nitrogens with zero attached hydrogens (tertiary/aromatic N) is 1. The van der Waals surface area contributed by atoms with Crippen molar-refractivity contribution < 1.29 is 31.1 Å². The summed E-state index contributed by atoms with van der Waals surface area (Å²) in [5.41, 5.74) is 5.01. The quantitative estimate of drug-likeness (QED) is 0.518. The van der Waals surface area contributed by atoms with Crippen LogP contribution < -0.4 is 5.73 Å². The first-order valence-electron chi connectivity index (χ1n) is 3.94. The summed E-state index contributed by atoms with van der Waals surface area (Å²) in [6.07, 6.45) is -10.2. The maximum Gasteiger partial charge on any atom is 0.457 e. The molecule has 0 unspecified atom stereocenters. The molecule has 1 rings (SSSR count). The number of ketones is 1. The van der Waals surface area contributed by atoms with Gasteiger partial charge in [0.2, 0.25) is 0 Å². The van der Waals surface area contributed by atoms with Gasteiger partial charge in [0.05, 0.1) is 4.88 Å². The number of anilines is 1. The van der Waals surface area contributed by atoms with E-state index in [0.717, 1.165) is 0 Å². The third-order valence-electron chi connectivity index (χ3n) is 1.57. The van der Waals surface area contributed by atoms with E-state index in [2.05, 4.69) is 17.2 Å². The van der Waals surface area contributed by atoms with Crippen LogP contribution in [0.3, 0.4) is 0 Å². The maximum absolute atomic E-state index is 12.2. The first-order valence-corrected chi connectivity index (χ1v) is 5.16. The number of alkyl halides is 6. The largest absolute Gasteiger partial charge is 0.457 e. The highest BCUT2D eigenvalue weighted by Gasteiger charge is 2.43. The molecule has 0 atom stereocenters. The Kier molecular flexibility index (Phi) is 3.68. The molecule has 100 valence electrons. The standard InChI is InChI=1S/C7H2F6N2OS2/c8-6(9,10)2(16)5-15-4(14)1(18-5)3(17)7(11,12)13/h14H2. The van der Waals surface area contributed by atoms with E-state index in [9.17, 15) is 31.1 Å². The molecular weight excluding hydrogens is 306 g/mol. The lowest BCUT2D eigenvalue weighted by Crippen LogP contribution is -2.22. The summed E-state index contributed by atoms with van der Waals surface area (Å²) in [6.45, 7) is 0. The summed E-state index contributed by atoms with van der Waals surface area (Å²) in [6, 6.07) is 0. The van der Waals surface area contributed by atoms with Crippen molar-refractivity contribution in [1.82, 2.24) is 4.98 Å². The molecule has 0 aliphatic rings. The highest BCUT2D eigenvalue weighted by Crippen LogP contribution is 2.32. The van der Waals surface area contributed by atoms with Gasteiger partial charge >= 0.3 is 12.4 Å². The minimum absolute atomic E-state index is 0.137. The van der Waals surface area contributed by atoms with Crippen LogP contribution in [0.15, 0.2) is 0 Å². The van der Waals surface area contributed by atoms with Crippen molar-refractivity contribution in [3.8, 4) is 0 Å². The zero-order valence-electron chi connectivity index (χ0n) is 8.02. The van der Waals surface area contributed by atoms with Gasteiger partial charge in [-0.3, -0.25) is 4.79 Å². The Bertz CT molecular complexity index is 503. The second-order valence-electron chi connectivity index (χ2n) is 2.89. The number of rotatable bonds is 2. The van der Waals surface area contributed by atoms with E-state index >= 15 is 0 Å². The summed E-state index contributed by atoms with van der Waals surface area (Å²) in [7, 11) is 0. The zero-order chi connectivity index (χ0) is 14.3. The first kappa shape index (κ1) is 14.8. The highest BCUT2D eigenvalue weighted by atomic mass is 32.1. The Morgan fingerprint density at radius 1 is 1.17 bits per heavy atom. The molecule has 0 spiro atoms. The van der Waals surface area contributed by atoms with Crippen LogP contribution in [0.4, 0.5) is 32.2 Å². The number of thiocarbonyl (C=S) groups is 1. The lowest BCUT2D eigenvalue weighted by Gasteiger charge is -2.05. The van der Waals surface area contributed by atoms with Crippen LogP contribution in [0.25, 0.3) is 0 Å². The molecule has 1 aromatic heterocycles. The molecule has 3 nitrogen and oxygen atoms in total. The fraction of sp³-hybridized carbons (Fsp3) is 0.286. The van der Waals surface area contributed by atoms with E-state index in [1.54, 1.807) is 0 Å². The third kappa shape index (κ3) is 2.96. The number of thiazole rings is 1. The molecule has 0 aliphatic carbocycles. The van der Waals surface area contributed by atoms with Crippen molar-refractivity contribution in [3.63, 3.8) is 0 Å². The Hall–Kier alpha value is -1.23. The number of Topliss-reactive ketones (excluding diaryl/α,β-unsaturated/α-hetero) is 1. The van der Waals surface area contributed by atoms with E-state index < -0.39 is 38.7 Å². The molecular formula is C7H2F6N2OS2. The predicted molar refractivity (Wildman–Crippen MR) is 54.7 cm³/mol. The molecule has 0 amide bonds. The number of aromatic nitrogens is 1. The molecule has 0 aromatic carbocycles. The van der Waals surface area contributed by atoms with Gasteiger partial charge in [-0.25, -0.2) is 4.98 Å². The summed E-state index contributed by atoms with van der Waals surface area (Å²) in [4.78, 5) is 11.2. The normalized spacial score (nSPS) is 12.6. The molecule has 1 aromatic rings. The van der Waals surface area contributed by atoms with Crippen LogP contribution in [0.5, 0.6) is 0 Å².